The van der Waals surface area contributed by atoms with Crippen molar-refractivity contribution in [3.63, 3.8) is 0 Å². The fraction of sp³-hybridized carbons (Fsp3) is 0.158. The molecule has 27 heavy (non-hydrogen) atoms. The Morgan fingerprint density at radius 3 is 2.48 bits per heavy atom. The van der Waals surface area contributed by atoms with Crippen LogP contribution in [0.2, 0.25) is 0 Å². The molecule has 1 aromatic heterocycles. The number of ether oxygens (including phenoxy) is 1. The molecule has 0 spiro atoms. The summed E-state index contributed by atoms with van der Waals surface area (Å²) >= 11 is 0. The molecule has 3 aromatic rings. The molecule has 0 fully saturated rings. The molecule has 0 aliphatic rings. The summed E-state index contributed by atoms with van der Waals surface area (Å²) in [4.78, 5) is 12.2. The van der Waals surface area contributed by atoms with Crippen LogP contribution in [0.15, 0.2) is 70.1 Å². The molecule has 0 atom stereocenters. The van der Waals surface area contributed by atoms with Crippen molar-refractivity contribution in [1.29, 1.82) is 0 Å². The summed E-state index contributed by atoms with van der Waals surface area (Å²) in [6.45, 7) is 1.93. The highest BCUT2D eigenvalue weighted by molar-refractivity contribution is 7.89. The van der Waals surface area contributed by atoms with Gasteiger partial charge in [0.05, 0.1) is 10.5 Å². The summed E-state index contributed by atoms with van der Waals surface area (Å²) in [5, 5.41) is 3.89. The molecule has 0 aliphatic carbocycles. The van der Waals surface area contributed by atoms with Gasteiger partial charge in [-0.1, -0.05) is 42.4 Å². The summed E-state index contributed by atoms with van der Waals surface area (Å²) in [7, 11) is -3.56. The second kappa shape index (κ2) is 8.15. The van der Waals surface area contributed by atoms with Gasteiger partial charge in [0.25, 0.3) is 0 Å². The Labute approximate surface area is 157 Å². The SMILES string of the molecule is CCNS(=O)(=O)c1ccc(C(=O)OCc2cc(-c3ccccc3)on2)cc1. The smallest absolute Gasteiger partial charge is 0.338 e. The number of nitrogens with one attached hydrogen (secondary N) is 1. The molecule has 0 radical (unpaired) electrons. The van der Waals surface area contributed by atoms with Gasteiger partial charge in [0, 0.05) is 18.2 Å². The van der Waals surface area contributed by atoms with E-state index in [4.69, 9.17) is 9.26 Å². The monoisotopic (exact) mass is 386 g/mol. The molecule has 7 nitrogen and oxygen atoms in total. The van der Waals surface area contributed by atoms with Crippen molar-refractivity contribution in [2.45, 2.75) is 18.4 Å². The molecular formula is C19H18N2O5S. The molecular weight excluding hydrogens is 368 g/mol. The molecule has 140 valence electrons. The molecule has 0 amide bonds. The Balaban J connectivity index is 1.62. The van der Waals surface area contributed by atoms with Gasteiger partial charge in [-0.15, -0.1) is 0 Å². The lowest BCUT2D eigenvalue weighted by Gasteiger charge is -2.06. The van der Waals surface area contributed by atoms with E-state index >= 15 is 0 Å². The minimum Gasteiger partial charge on any atom is -0.455 e. The first kappa shape index (κ1) is 18.8. The summed E-state index contributed by atoms with van der Waals surface area (Å²) < 4.78 is 36.6. The number of carbonyl (C=O) groups is 1. The van der Waals surface area contributed by atoms with Crippen LogP contribution in [0, 0.1) is 0 Å². The van der Waals surface area contributed by atoms with E-state index in [1.165, 1.54) is 24.3 Å². The van der Waals surface area contributed by atoms with Crippen LogP contribution in [0.3, 0.4) is 0 Å². The van der Waals surface area contributed by atoms with E-state index in [2.05, 4.69) is 9.88 Å². The molecule has 0 saturated heterocycles. The van der Waals surface area contributed by atoms with Gasteiger partial charge in [-0.25, -0.2) is 17.9 Å². The number of esters is 1. The molecule has 0 aliphatic heterocycles. The average Bonchev–Trinajstić information content (AvgIpc) is 3.16. The topological polar surface area (TPSA) is 98.5 Å². The quantitative estimate of drug-likeness (QED) is 0.627. The number of sulfonamides is 1. The second-order valence-electron chi connectivity index (χ2n) is 5.65. The summed E-state index contributed by atoms with van der Waals surface area (Å²) in [6.07, 6.45) is 0. The first-order valence-corrected chi connectivity index (χ1v) is 9.76. The third-order valence-electron chi connectivity index (χ3n) is 3.70. The largest absolute Gasteiger partial charge is 0.455 e. The van der Waals surface area contributed by atoms with Crippen molar-refractivity contribution in [2.75, 3.05) is 6.54 Å². The molecule has 0 unspecified atom stereocenters. The van der Waals surface area contributed by atoms with Gasteiger partial charge in [0.15, 0.2) is 5.76 Å². The lowest BCUT2D eigenvalue weighted by molar-refractivity contribution is 0.0464. The van der Waals surface area contributed by atoms with Gasteiger partial charge < -0.3 is 9.26 Å². The highest BCUT2D eigenvalue weighted by Crippen LogP contribution is 2.20. The first-order valence-electron chi connectivity index (χ1n) is 8.27. The van der Waals surface area contributed by atoms with Crippen LogP contribution in [-0.2, 0) is 21.4 Å². The normalized spacial score (nSPS) is 11.3. The van der Waals surface area contributed by atoms with Crippen molar-refractivity contribution in [3.8, 4) is 11.3 Å². The zero-order valence-electron chi connectivity index (χ0n) is 14.6. The molecule has 2 aromatic carbocycles. The highest BCUT2D eigenvalue weighted by atomic mass is 32.2. The predicted molar refractivity (Wildman–Crippen MR) is 98.4 cm³/mol. The van der Waals surface area contributed by atoms with Crippen LogP contribution < -0.4 is 4.72 Å². The maximum Gasteiger partial charge on any atom is 0.338 e. The Hall–Kier alpha value is -2.97. The number of aromatic nitrogens is 1. The number of carbonyl (C=O) groups excluding carboxylic acids is 1. The Morgan fingerprint density at radius 1 is 1.11 bits per heavy atom. The van der Waals surface area contributed by atoms with Crippen LogP contribution in [0.4, 0.5) is 0 Å². The van der Waals surface area contributed by atoms with Crippen molar-refractivity contribution in [3.05, 3.63) is 71.9 Å². The Bertz CT molecular complexity index is 1010. The predicted octanol–water partition coefficient (Wildman–Crippen LogP) is 3.00. The van der Waals surface area contributed by atoms with E-state index in [0.29, 0.717) is 11.5 Å². The van der Waals surface area contributed by atoms with Crippen LogP contribution in [0.5, 0.6) is 0 Å². The van der Waals surface area contributed by atoms with Crippen LogP contribution >= 0.6 is 0 Å². The second-order valence-corrected chi connectivity index (χ2v) is 7.42. The van der Waals surface area contributed by atoms with E-state index in [1.54, 1.807) is 13.0 Å². The third-order valence-corrected chi connectivity index (χ3v) is 5.26. The van der Waals surface area contributed by atoms with Gasteiger partial charge in [0.1, 0.15) is 12.3 Å². The third kappa shape index (κ3) is 4.60. The number of hydrogen-bond donors (Lipinski definition) is 1. The fourth-order valence-electron chi connectivity index (χ4n) is 2.38. The van der Waals surface area contributed by atoms with Crippen LogP contribution in [0.1, 0.15) is 23.0 Å². The Morgan fingerprint density at radius 2 is 1.81 bits per heavy atom. The van der Waals surface area contributed by atoms with E-state index in [0.717, 1.165) is 5.56 Å². The first-order chi connectivity index (χ1) is 13.0. The summed E-state index contributed by atoms with van der Waals surface area (Å²) in [5.41, 5.74) is 1.60. The van der Waals surface area contributed by atoms with Crippen LogP contribution in [-0.4, -0.2) is 26.1 Å². The van der Waals surface area contributed by atoms with Gasteiger partial charge in [-0.05, 0) is 24.3 Å². The lowest BCUT2D eigenvalue weighted by atomic mass is 10.2. The van der Waals surface area contributed by atoms with Crippen molar-refractivity contribution in [1.82, 2.24) is 9.88 Å². The van der Waals surface area contributed by atoms with E-state index in [-0.39, 0.29) is 23.6 Å². The molecule has 0 bridgehead atoms. The summed E-state index contributed by atoms with van der Waals surface area (Å²) in [6, 6.07) is 16.7. The van der Waals surface area contributed by atoms with Gasteiger partial charge >= 0.3 is 5.97 Å². The standard InChI is InChI=1S/C19H18N2O5S/c1-2-20-27(23,24)17-10-8-15(9-11-17)19(22)25-13-16-12-18(26-21-16)14-6-4-3-5-7-14/h3-12,20H,2,13H2,1H3. The number of hydrogen-bond acceptors (Lipinski definition) is 6. The number of nitrogens with zero attached hydrogens (tertiary/aromatic N) is 1. The molecule has 0 saturated carbocycles. The van der Waals surface area contributed by atoms with Crippen molar-refractivity contribution >= 4 is 16.0 Å². The number of benzene rings is 2. The average molecular weight is 386 g/mol. The molecule has 1 heterocycles. The van der Waals surface area contributed by atoms with E-state index < -0.39 is 16.0 Å². The number of rotatable bonds is 7. The van der Waals surface area contributed by atoms with Crippen molar-refractivity contribution < 1.29 is 22.5 Å². The zero-order valence-corrected chi connectivity index (χ0v) is 15.4. The van der Waals surface area contributed by atoms with Crippen molar-refractivity contribution in [2.24, 2.45) is 0 Å². The van der Waals surface area contributed by atoms with E-state index in [1.807, 2.05) is 30.3 Å². The molecule has 1 N–H and O–H groups in total. The molecule has 3 rings (SSSR count). The maximum absolute atomic E-state index is 12.1. The van der Waals surface area contributed by atoms with Gasteiger partial charge in [-0.2, -0.15) is 0 Å². The van der Waals surface area contributed by atoms with Crippen LogP contribution in [0.25, 0.3) is 11.3 Å². The maximum atomic E-state index is 12.1. The summed E-state index contributed by atoms with van der Waals surface area (Å²) in [5.74, 6) is 0.00583. The fourth-order valence-corrected chi connectivity index (χ4v) is 3.43. The zero-order chi connectivity index (χ0) is 19.3. The lowest BCUT2D eigenvalue weighted by Crippen LogP contribution is -2.23. The Kier molecular flexibility index (Phi) is 5.68. The minimum atomic E-state index is -3.56. The van der Waals surface area contributed by atoms with Gasteiger partial charge in [0.2, 0.25) is 10.0 Å². The minimum absolute atomic E-state index is 0.0490. The molecule has 8 heteroatoms. The van der Waals surface area contributed by atoms with Gasteiger partial charge in [-0.3, -0.25) is 0 Å². The highest BCUT2D eigenvalue weighted by Gasteiger charge is 2.15. The van der Waals surface area contributed by atoms with E-state index in [9.17, 15) is 13.2 Å².